The molecule has 0 bridgehead atoms. The Morgan fingerprint density at radius 3 is 1.93 bits per heavy atom. The first-order valence-corrected chi connectivity index (χ1v) is 19.4. The number of hydrogen-bond donors (Lipinski definition) is 0. The standard InChI is InChI=1S/C33H39N3O7S3/c1-4-21-41-31-17-11-28(12-18-31)33-35-32(25-44-33)27-9-13-29(14-10-27)34-24-26-7-15-30(16-8-26)36(19-5-22-42-45(2,37)38)20-6-23-43-46(3,39)40/h7-18,24-25H,4-6,19-23H2,1-3H3. The molecule has 0 fully saturated rings. The van der Waals surface area contributed by atoms with Gasteiger partial charge in [-0.2, -0.15) is 16.8 Å². The SMILES string of the molecule is CCCOc1ccc(-c2nc(-c3ccc(N=Cc4ccc(N(CCCOS(C)(=O)=O)CCCOS(C)(=O)=O)cc4)cc3)cs2)cc1. The maximum Gasteiger partial charge on any atom is 0.264 e. The van der Waals surface area contributed by atoms with Gasteiger partial charge in [-0.25, -0.2) is 4.98 Å². The molecule has 0 N–H and O–H groups in total. The molecule has 10 nitrogen and oxygen atoms in total. The Kier molecular flexibility index (Phi) is 12.9. The van der Waals surface area contributed by atoms with E-state index in [0.717, 1.165) is 63.4 Å². The number of hydrogen-bond acceptors (Lipinski definition) is 11. The lowest BCUT2D eigenvalue weighted by Crippen LogP contribution is -2.27. The summed E-state index contributed by atoms with van der Waals surface area (Å²) in [5.41, 5.74) is 5.60. The van der Waals surface area contributed by atoms with Crippen LogP contribution in [0.3, 0.4) is 0 Å². The number of aliphatic imine (C=N–C) groups is 1. The van der Waals surface area contributed by atoms with Gasteiger partial charge in [0.1, 0.15) is 10.8 Å². The van der Waals surface area contributed by atoms with Gasteiger partial charge in [0.15, 0.2) is 0 Å². The summed E-state index contributed by atoms with van der Waals surface area (Å²) in [7, 11) is -7.03. The van der Waals surface area contributed by atoms with Crippen LogP contribution >= 0.6 is 11.3 Å². The molecule has 46 heavy (non-hydrogen) atoms. The molecule has 0 amide bonds. The van der Waals surface area contributed by atoms with Crippen LogP contribution in [0.2, 0.25) is 0 Å². The second kappa shape index (κ2) is 16.8. The van der Waals surface area contributed by atoms with E-state index in [4.69, 9.17) is 18.1 Å². The Bertz CT molecular complexity index is 1730. The zero-order chi connectivity index (χ0) is 33.0. The smallest absolute Gasteiger partial charge is 0.264 e. The van der Waals surface area contributed by atoms with E-state index in [1.807, 2.05) is 77.7 Å². The quantitative estimate of drug-likeness (QED) is 0.0651. The number of anilines is 1. The van der Waals surface area contributed by atoms with Crippen LogP contribution < -0.4 is 9.64 Å². The number of benzene rings is 3. The van der Waals surface area contributed by atoms with Gasteiger partial charge in [-0.15, -0.1) is 11.3 Å². The molecular formula is C33H39N3O7S3. The number of ether oxygens (including phenoxy) is 1. The van der Waals surface area contributed by atoms with Crippen molar-refractivity contribution in [3.63, 3.8) is 0 Å². The predicted octanol–water partition coefficient (Wildman–Crippen LogP) is 6.56. The Morgan fingerprint density at radius 1 is 0.783 bits per heavy atom. The largest absolute Gasteiger partial charge is 0.494 e. The number of rotatable bonds is 18. The Labute approximate surface area is 276 Å². The minimum Gasteiger partial charge on any atom is -0.494 e. The maximum atomic E-state index is 11.3. The van der Waals surface area contributed by atoms with Crippen molar-refractivity contribution < 1.29 is 29.9 Å². The highest BCUT2D eigenvalue weighted by molar-refractivity contribution is 7.86. The maximum absolute atomic E-state index is 11.3. The Morgan fingerprint density at radius 2 is 1.37 bits per heavy atom. The monoisotopic (exact) mass is 685 g/mol. The van der Waals surface area contributed by atoms with E-state index in [1.54, 1.807) is 17.6 Å². The summed E-state index contributed by atoms with van der Waals surface area (Å²) in [5.74, 6) is 0.862. The van der Waals surface area contributed by atoms with Crippen molar-refractivity contribution in [2.75, 3.05) is 50.3 Å². The van der Waals surface area contributed by atoms with Gasteiger partial charge in [-0.1, -0.05) is 31.2 Å². The van der Waals surface area contributed by atoms with Gasteiger partial charge >= 0.3 is 0 Å². The van der Waals surface area contributed by atoms with Crippen molar-refractivity contribution in [2.24, 2.45) is 4.99 Å². The first kappa shape index (κ1) is 35.2. The first-order valence-electron chi connectivity index (χ1n) is 14.9. The van der Waals surface area contributed by atoms with E-state index < -0.39 is 20.2 Å². The van der Waals surface area contributed by atoms with Crippen LogP contribution in [-0.2, 0) is 28.6 Å². The van der Waals surface area contributed by atoms with Gasteiger partial charge in [0.05, 0.1) is 43.7 Å². The van der Waals surface area contributed by atoms with E-state index in [1.165, 1.54) is 0 Å². The van der Waals surface area contributed by atoms with Gasteiger partial charge < -0.3 is 9.64 Å². The molecule has 0 spiro atoms. The van der Waals surface area contributed by atoms with Gasteiger partial charge in [-0.05, 0) is 73.4 Å². The van der Waals surface area contributed by atoms with Crippen LogP contribution in [0.1, 0.15) is 31.7 Å². The van der Waals surface area contributed by atoms with Gasteiger partial charge in [0, 0.05) is 41.5 Å². The van der Waals surface area contributed by atoms with Gasteiger partial charge in [0.25, 0.3) is 20.2 Å². The third-order valence-corrected chi connectivity index (χ3v) is 8.68. The molecule has 0 unspecified atom stereocenters. The summed E-state index contributed by atoms with van der Waals surface area (Å²) in [5, 5.41) is 3.00. The number of nitrogens with zero attached hydrogens (tertiary/aromatic N) is 3. The summed E-state index contributed by atoms with van der Waals surface area (Å²) in [6.07, 6.45) is 5.75. The summed E-state index contributed by atoms with van der Waals surface area (Å²) in [6.45, 7) is 3.95. The van der Waals surface area contributed by atoms with Crippen molar-refractivity contribution in [1.29, 1.82) is 0 Å². The number of thiazole rings is 1. The average Bonchev–Trinajstić information content (AvgIpc) is 3.52. The van der Waals surface area contributed by atoms with E-state index in [-0.39, 0.29) is 13.2 Å². The van der Waals surface area contributed by atoms with Crippen LogP contribution in [0.5, 0.6) is 5.75 Å². The lowest BCUT2D eigenvalue weighted by molar-refractivity contribution is 0.310. The molecule has 0 atom stereocenters. The van der Waals surface area contributed by atoms with Crippen LogP contribution in [0, 0.1) is 0 Å². The summed E-state index contributed by atoms with van der Waals surface area (Å²) < 4.78 is 60.6. The Hall–Kier alpha value is -3.62. The molecule has 3 aromatic carbocycles. The molecule has 246 valence electrons. The predicted molar refractivity (Wildman–Crippen MR) is 186 cm³/mol. The third-order valence-electron chi connectivity index (χ3n) is 6.60. The minimum atomic E-state index is -3.51. The topological polar surface area (TPSA) is 124 Å². The zero-order valence-corrected chi connectivity index (χ0v) is 28.6. The average molecular weight is 686 g/mol. The summed E-state index contributed by atoms with van der Waals surface area (Å²) in [6, 6.07) is 23.7. The molecule has 0 aliphatic carbocycles. The highest BCUT2D eigenvalue weighted by Gasteiger charge is 2.10. The molecule has 0 aliphatic heterocycles. The van der Waals surface area contributed by atoms with E-state index in [9.17, 15) is 16.8 Å². The molecule has 1 aromatic heterocycles. The molecule has 0 aliphatic rings. The molecule has 13 heteroatoms. The molecule has 0 saturated carbocycles. The van der Waals surface area contributed by atoms with Crippen molar-refractivity contribution in [3.05, 3.63) is 83.7 Å². The zero-order valence-electron chi connectivity index (χ0n) is 26.2. The third kappa shape index (κ3) is 12.0. The number of aromatic nitrogens is 1. The molecule has 1 heterocycles. The van der Waals surface area contributed by atoms with E-state index in [2.05, 4.69) is 17.3 Å². The first-order chi connectivity index (χ1) is 22.0. The van der Waals surface area contributed by atoms with Crippen LogP contribution in [0.15, 0.2) is 83.2 Å². The van der Waals surface area contributed by atoms with Crippen LogP contribution in [0.4, 0.5) is 11.4 Å². The fraction of sp³-hybridized carbons (Fsp3) is 0.333. The van der Waals surface area contributed by atoms with Gasteiger partial charge in [-0.3, -0.25) is 13.4 Å². The fourth-order valence-electron chi connectivity index (χ4n) is 4.39. The molecule has 0 saturated heterocycles. The highest BCUT2D eigenvalue weighted by Crippen LogP contribution is 2.31. The second-order valence-corrected chi connectivity index (χ2v) is 14.7. The summed E-state index contributed by atoms with van der Waals surface area (Å²) in [4.78, 5) is 11.5. The van der Waals surface area contributed by atoms with Crippen LogP contribution in [-0.4, -0.2) is 73.5 Å². The Balaban J connectivity index is 1.35. The second-order valence-electron chi connectivity index (χ2n) is 10.6. The fourth-order valence-corrected chi connectivity index (χ4v) is 6.07. The van der Waals surface area contributed by atoms with E-state index >= 15 is 0 Å². The lowest BCUT2D eigenvalue weighted by Gasteiger charge is -2.25. The molecule has 0 radical (unpaired) electrons. The normalized spacial score (nSPS) is 12.1. The summed E-state index contributed by atoms with van der Waals surface area (Å²) >= 11 is 1.60. The molecule has 4 rings (SSSR count). The van der Waals surface area contributed by atoms with Crippen molar-refractivity contribution >= 4 is 49.2 Å². The van der Waals surface area contributed by atoms with E-state index in [0.29, 0.717) is 32.5 Å². The van der Waals surface area contributed by atoms with Crippen molar-refractivity contribution in [1.82, 2.24) is 4.98 Å². The lowest BCUT2D eigenvalue weighted by atomic mass is 10.1. The minimum absolute atomic E-state index is 0.0607. The molecular weight excluding hydrogens is 647 g/mol. The van der Waals surface area contributed by atoms with Gasteiger partial charge in [0.2, 0.25) is 0 Å². The highest BCUT2D eigenvalue weighted by atomic mass is 32.2. The van der Waals surface area contributed by atoms with Crippen LogP contribution in [0.25, 0.3) is 21.8 Å². The molecule has 4 aromatic rings. The van der Waals surface area contributed by atoms with Crippen molar-refractivity contribution in [2.45, 2.75) is 26.2 Å². The van der Waals surface area contributed by atoms with Crippen molar-refractivity contribution in [3.8, 4) is 27.6 Å².